The Morgan fingerprint density at radius 2 is 1.92 bits per heavy atom. The van der Waals surface area contributed by atoms with Crippen molar-refractivity contribution in [1.82, 2.24) is 10.1 Å². The van der Waals surface area contributed by atoms with Gasteiger partial charge in [0.25, 0.3) is 0 Å². The lowest BCUT2D eigenvalue weighted by atomic mass is 9.98. The molecule has 6 rings (SSSR count). The molecule has 2 atom stereocenters. The van der Waals surface area contributed by atoms with Crippen LogP contribution in [-0.2, 0) is 11.3 Å². The Labute approximate surface area is 218 Å². The number of nitrogens with zero attached hydrogens (tertiary/aromatic N) is 3. The summed E-state index contributed by atoms with van der Waals surface area (Å²) in [6.45, 7) is -0.863. The fourth-order valence-electron chi connectivity index (χ4n) is 5.95. The number of ether oxygens (including phenoxy) is 2. The number of anilines is 1. The summed E-state index contributed by atoms with van der Waals surface area (Å²) in [6, 6.07) is 8.99. The fraction of sp³-hybridized carbons (Fsp3) is 0.464. The molecule has 3 aliphatic rings. The van der Waals surface area contributed by atoms with Gasteiger partial charge in [-0.05, 0) is 69.2 Å². The molecule has 0 spiro atoms. The van der Waals surface area contributed by atoms with E-state index in [-0.39, 0.29) is 42.0 Å². The molecule has 2 aliphatic heterocycles. The summed E-state index contributed by atoms with van der Waals surface area (Å²) < 4.78 is 43.0. The number of carbonyl (C=O) groups is 1. The van der Waals surface area contributed by atoms with Crippen LogP contribution in [0.4, 0.5) is 14.6 Å². The van der Waals surface area contributed by atoms with E-state index in [9.17, 15) is 18.7 Å². The first kappa shape index (κ1) is 24.8. The molecule has 10 heteroatoms. The molecule has 0 amide bonds. The Bertz CT molecular complexity index is 1330. The Kier molecular flexibility index (Phi) is 6.51. The number of alkyl halides is 2. The van der Waals surface area contributed by atoms with Gasteiger partial charge in [0.1, 0.15) is 23.0 Å². The molecule has 1 N–H and O–H groups in total. The van der Waals surface area contributed by atoms with Crippen molar-refractivity contribution in [2.24, 2.45) is 0 Å². The van der Waals surface area contributed by atoms with Crippen molar-refractivity contribution in [2.45, 2.75) is 82.8 Å². The molecule has 2 unspecified atom stereocenters. The minimum absolute atomic E-state index is 0.0190. The molecule has 38 heavy (non-hydrogen) atoms. The van der Waals surface area contributed by atoms with Crippen LogP contribution in [0, 0.1) is 6.92 Å². The molecule has 8 nitrogen and oxygen atoms in total. The largest absolute Gasteiger partial charge is 0.478 e. The monoisotopic (exact) mass is 525 g/mol. The molecule has 1 aliphatic carbocycles. The number of benzene rings is 1. The van der Waals surface area contributed by atoms with E-state index in [0.29, 0.717) is 16.8 Å². The van der Waals surface area contributed by atoms with E-state index < -0.39 is 12.6 Å². The van der Waals surface area contributed by atoms with Gasteiger partial charge in [0.15, 0.2) is 0 Å². The van der Waals surface area contributed by atoms with Crippen molar-refractivity contribution in [3.8, 4) is 17.0 Å². The maximum absolute atomic E-state index is 13.0. The summed E-state index contributed by atoms with van der Waals surface area (Å²) in [5.74, 6) is 0.942. The summed E-state index contributed by atoms with van der Waals surface area (Å²) in [6.07, 6.45) is 7.17. The molecular weight excluding hydrogens is 496 g/mol. The molecule has 4 heterocycles. The second-order valence-corrected chi connectivity index (χ2v) is 10.4. The summed E-state index contributed by atoms with van der Waals surface area (Å²) in [5, 5.41) is 13.6. The Morgan fingerprint density at radius 1 is 1.18 bits per heavy atom. The first-order chi connectivity index (χ1) is 18.4. The molecule has 3 fully saturated rings. The zero-order chi connectivity index (χ0) is 26.4. The second kappa shape index (κ2) is 9.98. The standard InChI is InChI=1S/C28H29F2N3O5/c1-15-10-24(31-13-21(15)27(34)35)33-17-8-9-18(33)12-19(11-17)36-14-22-25(32-38-26(22)16-6-7-16)20-4-2-3-5-23(20)37-28(29)30/h2-5,10,13,16-19,28H,6-9,11-12,14H2,1H3,(H,34,35). The number of carboxylic acids is 1. The van der Waals surface area contributed by atoms with Crippen molar-refractivity contribution in [1.29, 1.82) is 0 Å². The number of halogens is 2. The van der Waals surface area contributed by atoms with Crippen LogP contribution in [0.3, 0.4) is 0 Å². The van der Waals surface area contributed by atoms with E-state index in [4.69, 9.17) is 14.0 Å². The van der Waals surface area contributed by atoms with Crippen LogP contribution < -0.4 is 9.64 Å². The molecule has 2 saturated heterocycles. The van der Waals surface area contributed by atoms with Gasteiger partial charge in [-0.3, -0.25) is 0 Å². The maximum atomic E-state index is 13.0. The minimum atomic E-state index is -2.94. The minimum Gasteiger partial charge on any atom is -0.478 e. The van der Waals surface area contributed by atoms with Gasteiger partial charge < -0.3 is 24.0 Å². The average molecular weight is 526 g/mol. The van der Waals surface area contributed by atoms with Gasteiger partial charge in [-0.15, -0.1) is 0 Å². The number of pyridine rings is 1. The Morgan fingerprint density at radius 3 is 2.58 bits per heavy atom. The first-order valence-corrected chi connectivity index (χ1v) is 13.0. The van der Waals surface area contributed by atoms with Crippen LogP contribution in [0.15, 0.2) is 41.1 Å². The number of carboxylic acid groups (broad SMARTS) is 1. The van der Waals surface area contributed by atoms with E-state index in [1.807, 2.05) is 6.07 Å². The third-order valence-corrected chi connectivity index (χ3v) is 7.87. The highest BCUT2D eigenvalue weighted by molar-refractivity contribution is 5.89. The molecule has 3 aromatic rings. The molecular formula is C28H29F2N3O5. The highest BCUT2D eigenvalue weighted by atomic mass is 19.3. The number of aromatic nitrogens is 2. The fourth-order valence-corrected chi connectivity index (χ4v) is 5.95. The quantitative estimate of drug-likeness (QED) is 0.367. The highest BCUT2D eigenvalue weighted by Gasteiger charge is 2.42. The third-order valence-electron chi connectivity index (χ3n) is 7.87. The van der Waals surface area contributed by atoms with E-state index in [1.54, 1.807) is 25.1 Å². The number of para-hydroxylation sites is 1. The van der Waals surface area contributed by atoms with Crippen LogP contribution in [-0.4, -0.2) is 46.0 Å². The van der Waals surface area contributed by atoms with Crippen molar-refractivity contribution in [3.63, 3.8) is 0 Å². The zero-order valence-electron chi connectivity index (χ0n) is 21.0. The van der Waals surface area contributed by atoms with Crippen LogP contribution >= 0.6 is 0 Å². The lowest BCUT2D eigenvalue weighted by Gasteiger charge is -2.39. The van der Waals surface area contributed by atoms with Gasteiger partial charge in [0.05, 0.1) is 18.3 Å². The summed E-state index contributed by atoms with van der Waals surface area (Å²) in [7, 11) is 0. The first-order valence-electron chi connectivity index (χ1n) is 13.0. The van der Waals surface area contributed by atoms with Gasteiger partial charge in [0, 0.05) is 35.3 Å². The van der Waals surface area contributed by atoms with Gasteiger partial charge in [0.2, 0.25) is 0 Å². The van der Waals surface area contributed by atoms with E-state index in [1.165, 1.54) is 12.3 Å². The average Bonchev–Trinajstić information content (AvgIpc) is 3.58. The van der Waals surface area contributed by atoms with Crippen LogP contribution in [0.25, 0.3) is 11.3 Å². The molecule has 1 aromatic carbocycles. The highest BCUT2D eigenvalue weighted by Crippen LogP contribution is 2.46. The SMILES string of the molecule is Cc1cc(N2C3CCC2CC(OCc2c(-c4ccccc4OC(F)F)noc2C2CC2)C3)ncc1C(=O)O. The van der Waals surface area contributed by atoms with E-state index in [0.717, 1.165) is 55.7 Å². The van der Waals surface area contributed by atoms with Gasteiger partial charge in [-0.2, -0.15) is 8.78 Å². The topological polar surface area (TPSA) is 97.9 Å². The predicted molar refractivity (Wildman–Crippen MR) is 134 cm³/mol. The van der Waals surface area contributed by atoms with Crippen molar-refractivity contribution < 1.29 is 32.7 Å². The lowest BCUT2D eigenvalue weighted by Crippen LogP contribution is -2.46. The second-order valence-electron chi connectivity index (χ2n) is 10.4. The number of piperidine rings is 1. The van der Waals surface area contributed by atoms with Crippen molar-refractivity contribution in [2.75, 3.05) is 4.90 Å². The Balaban J connectivity index is 1.19. The van der Waals surface area contributed by atoms with Crippen LogP contribution in [0.2, 0.25) is 0 Å². The normalized spacial score (nSPS) is 22.7. The van der Waals surface area contributed by atoms with Crippen molar-refractivity contribution in [3.05, 3.63) is 59.0 Å². The van der Waals surface area contributed by atoms with E-state index >= 15 is 0 Å². The third kappa shape index (κ3) is 4.73. The molecule has 2 aromatic heterocycles. The van der Waals surface area contributed by atoms with Crippen LogP contribution in [0.5, 0.6) is 5.75 Å². The molecule has 1 saturated carbocycles. The molecule has 0 radical (unpaired) electrons. The van der Waals surface area contributed by atoms with Crippen LogP contribution in [0.1, 0.15) is 71.7 Å². The lowest BCUT2D eigenvalue weighted by molar-refractivity contribution is -0.0494. The molecule has 200 valence electrons. The number of rotatable bonds is 9. The summed E-state index contributed by atoms with van der Waals surface area (Å²) in [4.78, 5) is 18.2. The van der Waals surface area contributed by atoms with Gasteiger partial charge >= 0.3 is 12.6 Å². The van der Waals surface area contributed by atoms with Gasteiger partial charge in [-0.1, -0.05) is 17.3 Å². The zero-order valence-corrected chi connectivity index (χ0v) is 21.0. The maximum Gasteiger partial charge on any atom is 0.387 e. The predicted octanol–water partition coefficient (Wildman–Crippen LogP) is 5.94. The van der Waals surface area contributed by atoms with Crippen molar-refractivity contribution >= 4 is 11.8 Å². The number of hydrogen-bond donors (Lipinski definition) is 1. The number of aryl methyl sites for hydroxylation is 1. The summed E-state index contributed by atoms with van der Waals surface area (Å²) in [5.41, 5.74) is 2.67. The van der Waals surface area contributed by atoms with Gasteiger partial charge in [-0.25, -0.2) is 9.78 Å². The Hall–Kier alpha value is -3.53. The molecule has 2 bridgehead atoms. The smallest absolute Gasteiger partial charge is 0.387 e. The number of fused-ring (bicyclic) bond motifs is 2. The summed E-state index contributed by atoms with van der Waals surface area (Å²) >= 11 is 0. The number of hydrogen-bond acceptors (Lipinski definition) is 7. The van der Waals surface area contributed by atoms with E-state index in [2.05, 4.69) is 15.0 Å². The number of aromatic carboxylic acids is 1.